The van der Waals surface area contributed by atoms with Crippen LogP contribution in [0.25, 0.3) is 0 Å². The lowest BCUT2D eigenvalue weighted by atomic mass is 9.95. The van der Waals surface area contributed by atoms with Crippen LogP contribution in [-0.2, 0) is 9.59 Å². The molecule has 2 amide bonds. The molecule has 1 atom stereocenters. The fraction of sp³-hybridized carbons (Fsp3) is 0.556. The highest BCUT2D eigenvalue weighted by molar-refractivity contribution is 5.80. The Morgan fingerprint density at radius 1 is 1.17 bits per heavy atom. The summed E-state index contributed by atoms with van der Waals surface area (Å²) >= 11 is 0. The number of ether oxygens (including phenoxy) is 1. The van der Waals surface area contributed by atoms with E-state index in [0.717, 1.165) is 32.4 Å². The number of rotatable bonds is 5. The molecule has 0 bridgehead atoms. The lowest BCUT2D eigenvalue weighted by molar-refractivity contribution is -0.137. The van der Waals surface area contributed by atoms with Gasteiger partial charge in [0.25, 0.3) is 5.91 Å². The first-order chi connectivity index (χ1) is 11.7. The van der Waals surface area contributed by atoms with Crippen LogP contribution in [0, 0.1) is 5.92 Å². The molecule has 0 aliphatic carbocycles. The number of hydrogen-bond donors (Lipinski definition) is 2. The molecule has 2 N–H and O–H groups in total. The highest BCUT2D eigenvalue weighted by Crippen LogP contribution is 2.18. The molecule has 24 heavy (non-hydrogen) atoms. The second-order valence-electron chi connectivity index (χ2n) is 6.46. The summed E-state index contributed by atoms with van der Waals surface area (Å²) in [5.41, 5.74) is 0. The monoisotopic (exact) mass is 331 g/mol. The van der Waals surface area contributed by atoms with Crippen molar-refractivity contribution in [1.29, 1.82) is 0 Å². The molecule has 1 aromatic carbocycles. The summed E-state index contributed by atoms with van der Waals surface area (Å²) in [6.07, 6.45) is 2.45. The number of likely N-dealkylation sites (tertiary alicyclic amines) is 1. The molecular formula is C18H25N3O3. The molecule has 2 heterocycles. The zero-order chi connectivity index (χ0) is 16.8. The maximum absolute atomic E-state index is 12.3. The van der Waals surface area contributed by atoms with E-state index in [1.54, 1.807) is 4.90 Å². The average molecular weight is 331 g/mol. The second-order valence-corrected chi connectivity index (χ2v) is 6.46. The first kappa shape index (κ1) is 16.8. The molecule has 3 rings (SSSR count). The molecule has 2 saturated heterocycles. The van der Waals surface area contributed by atoms with Crippen molar-refractivity contribution in [1.82, 2.24) is 15.5 Å². The Balaban J connectivity index is 1.39. The fourth-order valence-electron chi connectivity index (χ4n) is 3.24. The number of piperidine rings is 1. The van der Waals surface area contributed by atoms with Gasteiger partial charge in [0.05, 0.1) is 0 Å². The number of carbonyl (C=O) groups excluding carboxylic acids is 2. The number of nitrogens with one attached hydrogen (secondary N) is 2. The first-order valence-electron chi connectivity index (χ1n) is 8.69. The van der Waals surface area contributed by atoms with Crippen molar-refractivity contribution in [3.63, 3.8) is 0 Å². The Hall–Kier alpha value is -2.08. The Morgan fingerprint density at radius 2 is 1.92 bits per heavy atom. The van der Waals surface area contributed by atoms with Gasteiger partial charge in [-0.1, -0.05) is 18.2 Å². The summed E-state index contributed by atoms with van der Waals surface area (Å²) in [6.45, 7) is 3.13. The minimum atomic E-state index is -0.0160. The van der Waals surface area contributed by atoms with Gasteiger partial charge in [0.2, 0.25) is 5.91 Å². The van der Waals surface area contributed by atoms with Crippen LogP contribution in [0.4, 0.5) is 0 Å². The molecule has 2 fully saturated rings. The Kier molecular flexibility index (Phi) is 5.69. The first-order valence-corrected chi connectivity index (χ1v) is 8.69. The topological polar surface area (TPSA) is 70.7 Å². The molecule has 2 aliphatic heterocycles. The highest BCUT2D eigenvalue weighted by atomic mass is 16.5. The van der Waals surface area contributed by atoms with Gasteiger partial charge in [0.15, 0.2) is 6.61 Å². The van der Waals surface area contributed by atoms with E-state index in [1.807, 2.05) is 30.3 Å². The molecular weight excluding hydrogens is 306 g/mol. The molecule has 0 saturated carbocycles. The van der Waals surface area contributed by atoms with Crippen LogP contribution in [0.1, 0.15) is 19.3 Å². The summed E-state index contributed by atoms with van der Waals surface area (Å²) in [4.78, 5) is 26.3. The van der Waals surface area contributed by atoms with Crippen LogP contribution < -0.4 is 15.4 Å². The zero-order valence-corrected chi connectivity index (χ0v) is 13.9. The fourth-order valence-corrected chi connectivity index (χ4v) is 3.24. The van der Waals surface area contributed by atoms with Crippen LogP contribution in [0.5, 0.6) is 5.75 Å². The van der Waals surface area contributed by atoms with E-state index < -0.39 is 0 Å². The molecule has 6 heteroatoms. The normalized spacial score (nSPS) is 21.5. The molecule has 0 aromatic heterocycles. The van der Waals surface area contributed by atoms with Crippen molar-refractivity contribution >= 4 is 11.8 Å². The SMILES string of the molecule is O=C(NC1CCNC1)C1CCN(C(=O)COc2ccccc2)CC1. The van der Waals surface area contributed by atoms with Crippen molar-refractivity contribution in [3.05, 3.63) is 30.3 Å². The third kappa shape index (κ3) is 4.47. The van der Waals surface area contributed by atoms with Crippen molar-refractivity contribution in [2.45, 2.75) is 25.3 Å². The second kappa shape index (κ2) is 8.15. The van der Waals surface area contributed by atoms with E-state index in [0.29, 0.717) is 18.8 Å². The van der Waals surface area contributed by atoms with E-state index >= 15 is 0 Å². The molecule has 2 aliphatic rings. The van der Waals surface area contributed by atoms with Crippen LogP contribution >= 0.6 is 0 Å². The van der Waals surface area contributed by atoms with Crippen molar-refractivity contribution in [3.8, 4) is 5.75 Å². The van der Waals surface area contributed by atoms with Crippen molar-refractivity contribution in [2.75, 3.05) is 32.8 Å². The number of carbonyl (C=O) groups is 2. The minimum absolute atomic E-state index is 0.0160. The lowest BCUT2D eigenvalue weighted by Crippen LogP contribution is -2.46. The third-order valence-electron chi connectivity index (χ3n) is 4.73. The van der Waals surface area contributed by atoms with Gasteiger partial charge >= 0.3 is 0 Å². The zero-order valence-electron chi connectivity index (χ0n) is 13.9. The smallest absolute Gasteiger partial charge is 0.260 e. The van der Waals surface area contributed by atoms with Crippen LogP contribution in [0.3, 0.4) is 0 Å². The van der Waals surface area contributed by atoms with E-state index in [-0.39, 0.29) is 30.4 Å². The lowest BCUT2D eigenvalue weighted by Gasteiger charge is -2.31. The summed E-state index contributed by atoms with van der Waals surface area (Å²) in [5.74, 6) is 0.837. The van der Waals surface area contributed by atoms with Gasteiger partial charge in [-0.3, -0.25) is 9.59 Å². The number of nitrogens with zero attached hydrogens (tertiary/aromatic N) is 1. The minimum Gasteiger partial charge on any atom is -0.484 e. The summed E-state index contributed by atoms with van der Waals surface area (Å²) in [5, 5.41) is 6.36. The average Bonchev–Trinajstić information content (AvgIpc) is 3.13. The Morgan fingerprint density at radius 3 is 2.58 bits per heavy atom. The van der Waals surface area contributed by atoms with E-state index in [1.165, 1.54) is 0 Å². The molecule has 1 unspecified atom stereocenters. The Labute approximate surface area is 142 Å². The highest BCUT2D eigenvalue weighted by Gasteiger charge is 2.29. The Bertz CT molecular complexity index is 550. The molecule has 6 nitrogen and oxygen atoms in total. The molecule has 0 spiro atoms. The van der Waals surface area contributed by atoms with Crippen LogP contribution in [-0.4, -0.2) is 55.5 Å². The summed E-state index contributed by atoms with van der Waals surface area (Å²) in [7, 11) is 0. The van der Waals surface area contributed by atoms with E-state index in [9.17, 15) is 9.59 Å². The van der Waals surface area contributed by atoms with Gasteiger partial charge in [0, 0.05) is 31.6 Å². The van der Waals surface area contributed by atoms with E-state index in [2.05, 4.69) is 10.6 Å². The predicted molar refractivity (Wildman–Crippen MR) is 90.7 cm³/mol. The van der Waals surface area contributed by atoms with Gasteiger partial charge in [-0.05, 0) is 37.9 Å². The van der Waals surface area contributed by atoms with Crippen molar-refractivity contribution in [2.24, 2.45) is 5.92 Å². The molecule has 130 valence electrons. The van der Waals surface area contributed by atoms with Crippen LogP contribution in [0.15, 0.2) is 30.3 Å². The summed E-state index contributed by atoms with van der Waals surface area (Å²) < 4.78 is 5.51. The van der Waals surface area contributed by atoms with Gasteiger partial charge in [0.1, 0.15) is 5.75 Å². The number of amides is 2. The number of hydrogen-bond acceptors (Lipinski definition) is 4. The largest absolute Gasteiger partial charge is 0.484 e. The number of para-hydroxylation sites is 1. The van der Waals surface area contributed by atoms with Crippen LogP contribution in [0.2, 0.25) is 0 Å². The van der Waals surface area contributed by atoms with Crippen molar-refractivity contribution < 1.29 is 14.3 Å². The van der Waals surface area contributed by atoms with Gasteiger partial charge < -0.3 is 20.3 Å². The molecule has 1 aromatic rings. The third-order valence-corrected chi connectivity index (χ3v) is 4.73. The standard InChI is InChI=1S/C18H25N3O3/c22-17(13-24-16-4-2-1-3-5-16)21-10-7-14(8-11-21)18(23)20-15-6-9-19-12-15/h1-5,14-15,19H,6-13H2,(H,20,23). The predicted octanol–water partition coefficient (Wildman–Crippen LogP) is 0.782. The number of benzene rings is 1. The van der Waals surface area contributed by atoms with E-state index in [4.69, 9.17) is 4.74 Å². The van der Waals surface area contributed by atoms with Gasteiger partial charge in [-0.15, -0.1) is 0 Å². The quantitative estimate of drug-likeness (QED) is 0.837. The van der Waals surface area contributed by atoms with Gasteiger partial charge in [-0.25, -0.2) is 0 Å². The van der Waals surface area contributed by atoms with Gasteiger partial charge in [-0.2, -0.15) is 0 Å². The molecule has 0 radical (unpaired) electrons. The maximum Gasteiger partial charge on any atom is 0.260 e. The summed E-state index contributed by atoms with van der Waals surface area (Å²) in [6, 6.07) is 9.60. The maximum atomic E-state index is 12.3.